The quantitative estimate of drug-likeness (QED) is 0.526. The van der Waals surface area contributed by atoms with Crippen LogP contribution in [0.2, 0.25) is 0 Å². The van der Waals surface area contributed by atoms with Crippen molar-refractivity contribution in [2.24, 2.45) is 11.8 Å². The highest BCUT2D eigenvalue weighted by molar-refractivity contribution is 5.82. The van der Waals surface area contributed by atoms with Crippen LogP contribution < -0.4 is 0 Å². The van der Waals surface area contributed by atoms with Gasteiger partial charge in [-0.25, -0.2) is 4.79 Å². The summed E-state index contributed by atoms with van der Waals surface area (Å²) in [4.78, 5) is 11.6. The van der Waals surface area contributed by atoms with Crippen molar-refractivity contribution < 1.29 is 19.7 Å². The topological polar surface area (TPSA) is 66.8 Å². The molecule has 4 heteroatoms. The summed E-state index contributed by atoms with van der Waals surface area (Å²) in [6.07, 6.45) is 9.87. The van der Waals surface area contributed by atoms with E-state index in [0.717, 1.165) is 19.3 Å². The van der Waals surface area contributed by atoms with Gasteiger partial charge in [0.05, 0.1) is 18.3 Å². The first-order chi connectivity index (χ1) is 9.56. The molecule has 5 atom stereocenters. The number of carbonyl (C=O) groups excluding carboxylic acids is 1. The van der Waals surface area contributed by atoms with E-state index in [1.54, 1.807) is 0 Å². The number of hydrogen-bond donors (Lipinski definition) is 2. The maximum Gasteiger partial charge on any atom is 0.330 e. The van der Waals surface area contributed by atoms with E-state index >= 15 is 0 Å². The Morgan fingerprint density at radius 3 is 2.85 bits per heavy atom. The molecule has 0 aromatic rings. The number of esters is 1. The van der Waals surface area contributed by atoms with Gasteiger partial charge in [-0.2, -0.15) is 0 Å². The molecule has 2 rings (SSSR count). The predicted octanol–water partition coefficient (Wildman–Crippen LogP) is 1.96. The number of hydrogen-bond acceptors (Lipinski definition) is 4. The highest BCUT2D eigenvalue weighted by Crippen LogP contribution is 2.36. The molecule has 4 nitrogen and oxygen atoms in total. The lowest BCUT2D eigenvalue weighted by Gasteiger charge is -2.19. The van der Waals surface area contributed by atoms with E-state index in [1.165, 1.54) is 12.2 Å². The highest BCUT2D eigenvalue weighted by atomic mass is 16.5. The van der Waals surface area contributed by atoms with Crippen LogP contribution in [0.1, 0.15) is 39.0 Å². The molecule has 3 unspecified atom stereocenters. The maximum atomic E-state index is 11.6. The molecule has 0 radical (unpaired) electrons. The zero-order valence-electron chi connectivity index (χ0n) is 11.9. The van der Waals surface area contributed by atoms with Crippen LogP contribution in [-0.4, -0.2) is 34.5 Å². The van der Waals surface area contributed by atoms with Gasteiger partial charge in [0, 0.05) is 6.08 Å². The van der Waals surface area contributed by atoms with Gasteiger partial charge in [-0.1, -0.05) is 12.2 Å². The van der Waals surface area contributed by atoms with Crippen LogP contribution in [-0.2, 0) is 9.53 Å². The summed E-state index contributed by atoms with van der Waals surface area (Å²) in [6.45, 7) is 1.89. The third-order valence-corrected chi connectivity index (χ3v) is 4.19. The number of allylic oxidation sites excluding steroid dienone is 2. The maximum absolute atomic E-state index is 11.6. The van der Waals surface area contributed by atoms with Crippen LogP contribution in [0.25, 0.3) is 0 Å². The van der Waals surface area contributed by atoms with Crippen molar-refractivity contribution in [2.75, 3.05) is 0 Å². The lowest BCUT2D eigenvalue weighted by Crippen LogP contribution is -2.21. The van der Waals surface area contributed by atoms with Gasteiger partial charge < -0.3 is 14.9 Å². The normalized spacial score (nSPS) is 39.4. The van der Waals surface area contributed by atoms with E-state index in [4.69, 9.17) is 4.74 Å². The molecule has 0 aromatic heterocycles. The summed E-state index contributed by atoms with van der Waals surface area (Å²) in [7, 11) is 0. The fourth-order valence-electron chi connectivity index (χ4n) is 3.10. The molecule has 2 aliphatic rings. The molecule has 2 N–H and O–H groups in total. The first-order valence-corrected chi connectivity index (χ1v) is 7.48. The third kappa shape index (κ3) is 4.18. The van der Waals surface area contributed by atoms with Crippen molar-refractivity contribution in [1.82, 2.24) is 0 Å². The Hall–Kier alpha value is -1.13. The minimum Gasteiger partial charge on any atom is -0.460 e. The van der Waals surface area contributed by atoms with Gasteiger partial charge in [-0.15, -0.1) is 0 Å². The standard InChI is InChI=1S/C16H24O4/c1-11-5-3-2-4-6-12-9-13(17)10-14(12)15(18)7-8-16(19)20-11/h4,6-8,11-15,17-18H,2-3,5,9-10H2,1H3/t11?,12-,13?,14+,15?/m0/s1. The van der Waals surface area contributed by atoms with Crippen molar-refractivity contribution in [3.8, 4) is 0 Å². The summed E-state index contributed by atoms with van der Waals surface area (Å²) in [5, 5.41) is 20.0. The van der Waals surface area contributed by atoms with Gasteiger partial charge in [0.2, 0.25) is 0 Å². The fraction of sp³-hybridized carbons (Fsp3) is 0.688. The number of cyclic esters (lactones) is 1. The Balaban J connectivity index is 2.11. The van der Waals surface area contributed by atoms with Crippen LogP contribution in [0.5, 0.6) is 0 Å². The Morgan fingerprint density at radius 2 is 2.05 bits per heavy atom. The van der Waals surface area contributed by atoms with Gasteiger partial charge in [0.25, 0.3) is 0 Å². The molecule has 20 heavy (non-hydrogen) atoms. The zero-order valence-corrected chi connectivity index (χ0v) is 11.9. The van der Waals surface area contributed by atoms with Crippen molar-refractivity contribution >= 4 is 5.97 Å². The van der Waals surface area contributed by atoms with E-state index in [-0.39, 0.29) is 24.0 Å². The molecule has 0 saturated heterocycles. The van der Waals surface area contributed by atoms with Gasteiger partial charge in [-0.3, -0.25) is 0 Å². The summed E-state index contributed by atoms with van der Waals surface area (Å²) in [5.74, 6) is -0.249. The van der Waals surface area contributed by atoms with Gasteiger partial charge >= 0.3 is 5.97 Å². The number of carbonyl (C=O) groups is 1. The van der Waals surface area contributed by atoms with E-state index in [2.05, 4.69) is 12.2 Å². The monoisotopic (exact) mass is 280 g/mol. The van der Waals surface area contributed by atoms with E-state index < -0.39 is 12.1 Å². The molecule has 0 bridgehead atoms. The number of rotatable bonds is 0. The molecule has 0 spiro atoms. The van der Waals surface area contributed by atoms with Crippen LogP contribution in [0.4, 0.5) is 0 Å². The molecule has 1 heterocycles. The third-order valence-electron chi connectivity index (χ3n) is 4.19. The summed E-state index contributed by atoms with van der Waals surface area (Å²) < 4.78 is 5.23. The molecular formula is C16H24O4. The summed E-state index contributed by atoms with van der Waals surface area (Å²) in [6, 6.07) is 0. The summed E-state index contributed by atoms with van der Waals surface area (Å²) in [5.41, 5.74) is 0. The first kappa shape index (κ1) is 15.3. The molecule has 0 amide bonds. The number of aliphatic hydroxyl groups is 2. The average molecular weight is 280 g/mol. The first-order valence-electron chi connectivity index (χ1n) is 7.48. The van der Waals surface area contributed by atoms with Gasteiger partial charge in [0.15, 0.2) is 0 Å². The molecule has 112 valence electrons. The van der Waals surface area contributed by atoms with Gasteiger partial charge in [-0.05, 0) is 56.9 Å². The van der Waals surface area contributed by atoms with E-state index in [9.17, 15) is 15.0 Å². The SMILES string of the molecule is CC1CCCC=C[C@H]2CC(O)C[C@H]2C(O)C=CC(=O)O1. The van der Waals surface area contributed by atoms with Crippen LogP contribution in [0.15, 0.2) is 24.3 Å². The average Bonchev–Trinajstić information content (AvgIpc) is 2.76. The van der Waals surface area contributed by atoms with Crippen LogP contribution >= 0.6 is 0 Å². The predicted molar refractivity (Wildman–Crippen MR) is 75.9 cm³/mol. The molecule has 0 aromatic carbocycles. The molecular weight excluding hydrogens is 256 g/mol. The Kier molecular flexibility index (Phi) is 5.38. The Morgan fingerprint density at radius 1 is 1.25 bits per heavy atom. The molecule has 1 aliphatic heterocycles. The Labute approximate surface area is 120 Å². The van der Waals surface area contributed by atoms with Crippen LogP contribution in [0, 0.1) is 11.8 Å². The highest BCUT2D eigenvalue weighted by Gasteiger charge is 2.35. The molecule has 1 fully saturated rings. The van der Waals surface area contributed by atoms with Crippen LogP contribution in [0.3, 0.4) is 0 Å². The summed E-state index contributed by atoms with van der Waals surface area (Å²) >= 11 is 0. The van der Waals surface area contributed by atoms with Gasteiger partial charge in [0.1, 0.15) is 0 Å². The smallest absolute Gasteiger partial charge is 0.330 e. The molecule has 1 saturated carbocycles. The minimum atomic E-state index is -0.717. The molecule has 1 aliphatic carbocycles. The number of aliphatic hydroxyl groups excluding tert-OH is 2. The lowest BCUT2D eigenvalue weighted by atomic mass is 9.90. The lowest BCUT2D eigenvalue weighted by molar-refractivity contribution is -0.142. The minimum absolute atomic E-state index is 0.0246. The second kappa shape index (κ2) is 7.04. The van der Waals surface area contributed by atoms with E-state index in [0.29, 0.717) is 12.8 Å². The van der Waals surface area contributed by atoms with Crippen molar-refractivity contribution in [3.63, 3.8) is 0 Å². The van der Waals surface area contributed by atoms with Crippen molar-refractivity contribution in [3.05, 3.63) is 24.3 Å². The fourth-order valence-corrected chi connectivity index (χ4v) is 3.10. The largest absolute Gasteiger partial charge is 0.460 e. The zero-order chi connectivity index (χ0) is 14.5. The second-order valence-electron chi connectivity index (χ2n) is 5.91. The van der Waals surface area contributed by atoms with Crippen molar-refractivity contribution in [2.45, 2.75) is 57.3 Å². The number of ether oxygens (including phenoxy) is 1. The number of fused-ring (bicyclic) bond motifs is 1. The Bertz CT molecular complexity index is 388. The second-order valence-corrected chi connectivity index (χ2v) is 5.91. The van der Waals surface area contributed by atoms with E-state index in [1.807, 2.05) is 6.92 Å². The van der Waals surface area contributed by atoms with Crippen molar-refractivity contribution in [1.29, 1.82) is 0 Å².